The fraction of sp³-hybridized carbons (Fsp3) is 0.923. The molecule has 0 N–H and O–H groups in total. The lowest BCUT2D eigenvalue weighted by Gasteiger charge is -2.27. The number of carbonyl (C=O) groups is 1. The summed E-state index contributed by atoms with van der Waals surface area (Å²) in [5, 5.41) is 0. The fourth-order valence-electron chi connectivity index (χ4n) is 1.64. The maximum Gasteiger partial charge on any atom is 0.222 e. The second kappa shape index (κ2) is 6.86. The van der Waals surface area contributed by atoms with E-state index in [0.29, 0.717) is 30.1 Å². The van der Waals surface area contributed by atoms with Crippen LogP contribution in [-0.4, -0.2) is 23.9 Å². The fourth-order valence-corrected chi connectivity index (χ4v) is 1.64. The second-order valence-corrected chi connectivity index (χ2v) is 5.68. The predicted molar refractivity (Wildman–Crippen MR) is 65.7 cm³/mol. The van der Waals surface area contributed by atoms with E-state index in [2.05, 4.69) is 41.5 Å². The van der Waals surface area contributed by atoms with Crippen LogP contribution in [-0.2, 0) is 4.79 Å². The van der Waals surface area contributed by atoms with Crippen LogP contribution in [0.4, 0.5) is 0 Å². The van der Waals surface area contributed by atoms with Crippen LogP contribution in [0.5, 0.6) is 0 Å². The van der Waals surface area contributed by atoms with Crippen molar-refractivity contribution in [2.24, 2.45) is 17.8 Å². The minimum Gasteiger partial charge on any atom is -0.342 e. The largest absolute Gasteiger partial charge is 0.342 e. The van der Waals surface area contributed by atoms with Gasteiger partial charge in [0.2, 0.25) is 5.91 Å². The lowest BCUT2D eigenvalue weighted by Crippen LogP contribution is -2.37. The average molecular weight is 213 g/mol. The van der Waals surface area contributed by atoms with Gasteiger partial charge in [-0.05, 0) is 17.8 Å². The van der Waals surface area contributed by atoms with E-state index >= 15 is 0 Å². The molecule has 2 heteroatoms. The van der Waals surface area contributed by atoms with E-state index < -0.39 is 0 Å². The van der Waals surface area contributed by atoms with Gasteiger partial charge in [0.25, 0.3) is 0 Å². The summed E-state index contributed by atoms with van der Waals surface area (Å²) in [7, 11) is 0. The standard InChI is InChI=1S/C13H27NO/c1-10(2)7-13(15)14(8-11(3)4)9-12(5)6/h10-12H,7-9H2,1-6H3. The third-order valence-electron chi connectivity index (χ3n) is 2.11. The van der Waals surface area contributed by atoms with Crippen molar-refractivity contribution in [2.75, 3.05) is 13.1 Å². The molecule has 0 aliphatic rings. The highest BCUT2D eigenvalue weighted by Gasteiger charge is 2.16. The van der Waals surface area contributed by atoms with Gasteiger partial charge in [0, 0.05) is 19.5 Å². The van der Waals surface area contributed by atoms with Crippen LogP contribution in [0.3, 0.4) is 0 Å². The maximum absolute atomic E-state index is 12.0. The molecule has 90 valence electrons. The number of rotatable bonds is 6. The SMILES string of the molecule is CC(C)CC(=O)N(CC(C)C)CC(C)C. The van der Waals surface area contributed by atoms with Crippen LogP contribution in [0, 0.1) is 17.8 Å². The molecule has 0 spiro atoms. The van der Waals surface area contributed by atoms with Gasteiger partial charge in [-0.1, -0.05) is 41.5 Å². The molecule has 1 amide bonds. The van der Waals surface area contributed by atoms with Crippen LogP contribution < -0.4 is 0 Å². The first-order valence-corrected chi connectivity index (χ1v) is 6.10. The Morgan fingerprint density at radius 1 is 0.867 bits per heavy atom. The first-order chi connectivity index (χ1) is 6.82. The van der Waals surface area contributed by atoms with Crippen molar-refractivity contribution in [2.45, 2.75) is 48.0 Å². The third kappa shape index (κ3) is 7.40. The van der Waals surface area contributed by atoms with Crippen LogP contribution in [0.2, 0.25) is 0 Å². The summed E-state index contributed by atoms with van der Waals surface area (Å²) >= 11 is 0. The van der Waals surface area contributed by atoms with Crippen molar-refractivity contribution in [3.05, 3.63) is 0 Å². The Morgan fingerprint density at radius 2 is 1.27 bits per heavy atom. The summed E-state index contributed by atoms with van der Waals surface area (Å²) in [5.41, 5.74) is 0. The monoisotopic (exact) mass is 213 g/mol. The number of hydrogen-bond donors (Lipinski definition) is 0. The molecule has 0 aromatic heterocycles. The molecule has 15 heavy (non-hydrogen) atoms. The van der Waals surface area contributed by atoms with Crippen LogP contribution in [0.1, 0.15) is 48.0 Å². The molecule has 0 aliphatic heterocycles. The predicted octanol–water partition coefficient (Wildman–Crippen LogP) is 3.17. The van der Waals surface area contributed by atoms with Crippen LogP contribution in [0.15, 0.2) is 0 Å². The molecule has 0 bridgehead atoms. The van der Waals surface area contributed by atoms with Crippen molar-refractivity contribution in [3.63, 3.8) is 0 Å². The van der Waals surface area contributed by atoms with Gasteiger partial charge < -0.3 is 4.90 Å². The van der Waals surface area contributed by atoms with Gasteiger partial charge in [-0.3, -0.25) is 4.79 Å². The summed E-state index contributed by atoms with van der Waals surface area (Å²) in [6.45, 7) is 14.6. The third-order valence-corrected chi connectivity index (χ3v) is 2.11. The quantitative estimate of drug-likeness (QED) is 0.663. The van der Waals surface area contributed by atoms with Gasteiger partial charge in [0.15, 0.2) is 0 Å². The van der Waals surface area contributed by atoms with Crippen molar-refractivity contribution >= 4 is 5.91 Å². The summed E-state index contributed by atoms with van der Waals surface area (Å²) in [6, 6.07) is 0. The van der Waals surface area contributed by atoms with Crippen molar-refractivity contribution in [1.82, 2.24) is 4.90 Å². The van der Waals surface area contributed by atoms with E-state index in [1.165, 1.54) is 0 Å². The molecule has 0 fully saturated rings. The zero-order valence-electron chi connectivity index (χ0n) is 11.2. The molecule has 0 saturated carbocycles. The molecule has 0 saturated heterocycles. The lowest BCUT2D eigenvalue weighted by molar-refractivity contribution is -0.133. The van der Waals surface area contributed by atoms with Gasteiger partial charge >= 0.3 is 0 Å². The summed E-state index contributed by atoms with van der Waals surface area (Å²) in [4.78, 5) is 14.0. The van der Waals surface area contributed by atoms with Gasteiger partial charge in [0.1, 0.15) is 0 Å². The highest BCUT2D eigenvalue weighted by atomic mass is 16.2. The topological polar surface area (TPSA) is 20.3 Å². The lowest BCUT2D eigenvalue weighted by atomic mass is 10.1. The molecular weight excluding hydrogens is 186 g/mol. The summed E-state index contributed by atoms with van der Waals surface area (Å²) < 4.78 is 0. The Kier molecular flexibility index (Phi) is 6.62. The number of nitrogens with zero attached hydrogens (tertiary/aromatic N) is 1. The van der Waals surface area contributed by atoms with E-state index in [1.54, 1.807) is 0 Å². The normalized spacial score (nSPS) is 11.5. The van der Waals surface area contributed by atoms with Gasteiger partial charge in [-0.15, -0.1) is 0 Å². The number of amides is 1. The Morgan fingerprint density at radius 3 is 1.53 bits per heavy atom. The molecule has 2 nitrogen and oxygen atoms in total. The van der Waals surface area contributed by atoms with Gasteiger partial charge in [-0.25, -0.2) is 0 Å². The Balaban J connectivity index is 4.27. The molecule has 0 radical (unpaired) electrons. The zero-order chi connectivity index (χ0) is 12.0. The van der Waals surface area contributed by atoms with Crippen molar-refractivity contribution < 1.29 is 4.79 Å². The van der Waals surface area contributed by atoms with Crippen molar-refractivity contribution in [3.8, 4) is 0 Å². The Labute approximate surface area is 95.0 Å². The molecule has 0 aliphatic carbocycles. The minimum absolute atomic E-state index is 0.312. The Bertz CT molecular complexity index is 175. The zero-order valence-corrected chi connectivity index (χ0v) is 11.2. The molecule has 0 rings (SSSR count). The average Bonchev–Trinajstić information content (AvgIpc) is 1.99. The van der Waals surface area contributed by atoms with E-state index in [4.69, 9.17) is 0 Å². The first kappa shape index (κ1) is 14.5. The van der Waals surface area contributed by atoms with Crippen LogP contribution >= 0.6 is 0 Å². The molecule has 0 aromatic carbocycles. The highest BCUT2D eigenvalue weighted by Crippen LogP contribution is 2.09. The molecule has 0 unspecified atom stereocenters. The number of carbonyl (C=O) groups excluding carboxylic acids is 1. The molecule has 0 heterocycles. The Hall–Kier alpha value is -0.530. The van der Waals surface area contributed by atoms with E-state index in [-0.39, 0.29) is 0 Å². The maximum atomic E-state index is 12.0. The van der Waals surface area contributed by atoms with E-state index in [1.807, 2.05) is 4.90 Å². The number of hydrogen-bond acceptors (Lipinski definition) is 1. The smallest absolute Gasteiger partial charge is 0.222 e. The molecular formula is C13H27NO. The minimum atomic E-state index is 0.312. The van der Waals surface area contributed by atoms with E-state index in [0.717, 1.165) is 13.1 Å². The van der Waals surface area contributed by atoms with Crippen LogP contribution in [0.25, 0.3) is 0 Å². The molecule has 0 aromatic rings. The molecule has 0 atom stereocenters. The summed E-state index contributed by atoms with van der Waals surface area (Å²) in [5.74, 6) is 1.88. The van der Waals surface area contributed by atoms with Gasteiger partial charge in [-0.2, -0.15) is 0 Å². The summed E-state index contributed by atoms with van der Waals surface area (Å²) in [6.07, 6.45) is 0.680. The van der Waals surface area contributed by atoms with Crippen molar-refractivity contribution in [1.29, 1.82) is 0 Å². The van der Waals surface area contributed by atoms with E-state index in [9.17, 15) is 4.79 Å². The highest BCUT2D eigenvalue weighted by molar-refractivity contribution is 5.76. The van der Waals surface area contributed by atoms with Gasteiger partial charge in [0.05, 0.1) is 0 Å². The second-order valence-electron chi connectivity index (χ2n) is 5.68. The first-order valence-electron chi connectivity index (χ1n) is 6.10.